The minimum Gasteiger partial charge on any atom is -0.334 e. The van der Waals surface area contributed by atoms with Crippen molar-refractivity contribution in [2.75, 3.05) is 5.32 Å². The molecule has 1 aromatic heterocycles. The van der Waals surface area contributed by atoms with Gasteiger partial charge >= 0.3 is 6.03 Å². The summed E-state index contributed by atoms with van der Waals surface area (Å²) in [5.74, 6) is -0.516. The highest BCUT2D eigenvalue weighted by molar-refractivity contribution is 6.66. The standard InChI is InChI=1S/C18H13Cl4FN4O2/c19-11-3-1-10(2-4-11)9-14(15-26-16(29-27-15)18(20,21)22)25-17(28)24-13-7-5-12(23)6-8-13/h1-8,14H,9H2,(H2,24,25,28)/t14-/m0/s1. The average molecular weight is 478 g/mol. The summed E-state index contributed by atoms with van der Waals surface area (Å²) in [5.41, 5.74) is 1.26. The number of rotatable bonds is 5. The van der Waals surface area contributed by atoms with Crippen LogP contribution in [0.25, 0.3) is 0 Å². The van der Waals surface area contributed by atoms with E-state index in [2.05, 4.69) is 20.8 Å². The summed E-state index contributed by atoms with van der Waals surface area (Å²) in [6.45, 7) is 0. The Morgan fingerprint density at radius 2 is 1.76 bits per heavy atom. The van der Waals surface area contributed by atoms with Gasteiger partial charge in [0.2, 0.25) is 0 Å². The maximum Gasteiger partial charge on any atom is 0.319 e. The van der Waals surface area contributed by atoms with Crippen LogP contribution in [0.2, 0.25) is 5.02 Å². The highest BCUT2D eigenvalue weighted by atomic mass is 35.6. The second kappa shape index (κ2) is 9.17. The number of hydrogen-bond donors (Lipinski definition) is 2. The van der Waals surface area contributed by atoms with E-state index in [9.17, 15) is 9.18 Å². The van der Waals surface area contributed by atoms with Crippen LogP contribution in [0.4, 0.5) is 14.9 Å². The molecule has 0 saturated carbocycles. The Labute approximate surface area is 185 Å². The summed E-state index contributed by atoms with van der Waals surface area (Å²) in [6, 6.07) is 11.1. The molecule has 0 fully saturated rings. The first kappa shape index (κ1) is 21.6. The number of urea groups is 1. The second-order valence-electron chi connectivity index (χ2n) is 5.94. The number of anilines is 1. The normalized spacial score (nSPS) is 12.4. The van der Waals surface area contributed by atoms with Crippen molar-refractivity contribution in [2.24, 2.45) is 0 Å². The van der Waals surface area contributed by atoms with Gasteiger partial charge in [0.25, 0.3) is 9.68 Å². The van der Waals surface area contributed by atoms with Crippen molar-refractivity contribution in [3.05, 3.63) is 76.6 Å². The van der Waals surface area contributed by atoms with Crippen molar-refractivity contribution >= 4 is 58.1 Å². The zero-order valence-electron chi connectivity index (χ0n) is 14.5. The Morgan fingerprint density at radius 1 is 1.10 bits per heavy atom. The van der Waals surface area contributed by atoms with Gasteiger partial charge < -0.3 is 15.2 Å². The van der Waals surface area contributed by atoms with Gasteiger partial charge in [-0.2, -0.15) is 4.98 Å². The predicted octanol–water partition coefficient (Wildman–Crippen LogP) is 5.79. The summed E-state index contributed by atoms with van der Waals surface area (Å²) in [4.78, 5) is 16.5. The average Bonchev–Trinajstić information content (AvgIpc) is 3.15. The molecule has 0 aliphatic rings. The number of alkyl halides is 3. The minimum atomic E-state index is -1.90. The van der Waals surface area contributed by atoms with E-state index in [0.29, 0.717) is 17.1 Å². The number of halogens is 5. The summed E-state index contributed by atoms with van der Waals surface area (Å²) in [5, 5.41) is 9.72. The van der Waals surface area contributed by atoms with Crippen LogP contribution in [0.5, 0.6) is 0 Å². The highest BCUT2D eigenvalue weighted by Crippen LogP contribution is 2.37. The van der Waals surface area contributed by atoms with Crippen molar-refractivity contribution in [2.45, 2.75) is 16.3 Å². The fourth-order valence-electron chi connectivity index (χ4n) is 2.41. The van der Waals surface area contributed by atoms with Crippen LogP contribution in [-0.4, -0.2) is 16.2 Å². The van der Waals surface area contributed by atoms with E-state index in [0.717, 1.165) is 5.56 Å². The van der Waals surface area contributed by atoms with Crippen LogP contribution >= 0.6 is 46.4 Å². The lowest BCUT2D eigenvalue weighted by molar-refractivity contribution is 0.247. The van der Waals surface area contributed by atoms with Gasteiger partial charge in [0.05, 0.1) is 6.04 Å². The lowest BCUT2D eigenvalue weighted by Gasteiger charge is -2.16. The maximum atomic E-state index is 13.0. The first-order valence-electron chi connectivity index (χ1n) is 8.19. The quantitative estimate of drug-likeness (QED) is 0.455. The summed E-state index contributed by atoms with van der Waals surface area (Å²) in [6.07, 6.45) is 0.312. The topological polar surface area (TPSA) is 80.0 Å². The predicted molar refractivity (Wildman–Crippen MR) is 110 cm³/mol. The zero-order chi connectivity index (χ0) is 21.0. The fourth-order valence-corrected chi connectivity index (χ4v) is 2.77. The Morgan fingerprint density at radius 3 is 2.34 bits per heavy atom. The Hall–Kier alpha value is -2.06. The number of nitrogens with zero attached hydrogens (tertiary/aromatic N) is 2. The summed E-state index contributed by atoms with van der Waals surface area (Å²) >= 11 is 23.2. The van der Waals surface area contributed by atoms with E-state index >= 15 is 0 Å². The molecule has 3 aromatic rings. The molecular formula is C18H13Cl4FN4O2. The minimum absolute atomic E-state index is 0.121. The molecule has 2 aromatic carbocycles. The highest BCUT2D eigenvalue weighted by Gasteiger charge is 2.32. The smallest absolute Gasteiger partial charge is 0.319 e. The molecule has 2 amide bonds. The number of nitrogens with one attached hydrogen (secondary N) is 2. The zero-order valence-corrected chi connectivity index (χ0v) is 17.5. The number of hydrogen-bond acceptors (Lipinski definition) is 4. The number of carbonyl (C=O) groups excluding carboxylic acids is 1. The van der Waals surface area contributed by atoms with Gasteiger partial charge in [-0.3, -0.25) is 0 Å². The summed E-state index contributed by atoms with van der Waals surface area (Å²) < 4.78 is 16.1. The lowest BCUT2D eigenvalue weighted by Crippen LogP contribution is -2.34. The van der Waals surface area contributed by atoms with Gasteiger partial charge in [-0.15, -0.1) is 0 Å². The molecule has 0 saturated heterocycles. The number of carbonyl (C=O) groups is 1. The van der Waals surface area contributed by atoms with Crippen molar-refractivity contribution in [3.63, 3.8) is 0 Å². The molecular weight excluding hydrogens is 465 g/mol. The molecule has 0 aliphatic heterocycles. The van der Waals surface area contributed by atoms with E-state index in [-0.39, 0.29) is 11.7 Å². The van der Waals surface area contributed by atoms with E-state index < -0.39 is 21.7 Å². The van der Waals surface area contributed by atoms with Crippen LogP contribution in [0.15, 0.2) is 53.1 Å². The van der Waals surface area contributed by atoms with Crippen molar-refractivity contribution in [3.8, 4) is 0 Å². The number of aromatic nitrogens is 2. The SMILES string of the molecule is O=C(Nc1ccc(F)cc1)N[C@@H](Cc1ccc(Cl)cc1)c1noc(C(Cl)(Cl)Cl)n1. The largest absolute Gasteiger partial charge is 0.334 e. The van der Waals surface area contributed by atoms with Gasteiger partial charge in [-0.1, -0.05) is 63.7 Å². The second-order valence-corrected chi connectivity index (χ2v) is 8.66. The Bertz CT molecular complexity index is 975. The van der Waals surface area contributed by atoms with Gasteiger partial charge in [-0.05, 0) is 42.0 Å². The van der Waals surface area contributed by atoms with Crippen LogP contribution in [0.1, 0.15) is 23.3 Å². The molecule has 2 N–H and O–H groups in total. The van der Waals surface area contributed by atoms with Crippen molar-refractivity contribution in [1.82, 2.24) is 15.5 Å². The fraction of sp³-hybridized carbons (Fsp3) is 0.167. The molecule has 0 spiro atoms. The molecule has 6 nitrogen and oxygen atoms in total. The molecule has 152 valence electrons. The van der Waals surface area contributed by atoms with Crippen LogP contribution < -0.4 is 10.6 Å². The molecule has 0 bridgehead atoms. The van der Waals surface area contributed by atoms with Gasteiger partial charge in [0, 0.05) is 17.1 Å². The van der Waals surface area contributed by atoms with E-state index in [1.807, 2.05) is 0 Å². The van der Waals surface area contributed by atoms with Gasteiger partial charge in [0.1, 0.15) is 5.82 Å². The van der Waals surface area contributed by atoms with Crippen LogP contribution in [0.3, 0.4) is 0 Å². The Balaban J connectivity index is 1.79. The molecule has 3 rings (SSSR count). The Kier molecular flexibility index (Phi) is 6.85. The first-order valence-corrected chi connectivity index (χ1v) is 9.70. The van der Waals surface area contributed by atoms with E-state index in [4.69, 9.17) is 50.9 Å². The molecule has 0 radical (unpaired) electrons. The molecule has 0 unspecified atom stereocenters. The number of amides is 2. The van der Waals surface area contributed by atoms with E-state index in [1.165, 1.54) is 24.3 Å². The summed E-state index contributed by atoms with van der Waals surface area (Å²) in [7, 11) is 0. The molecule has 11 heteroatoms. The number of benzene rings is 2. The third-order valence-electron chi connectivity index (χ3n) is 3.76. The van der Waals surface area contributed by atoms with Crippen LogP contribution in [0, 0.1) is 5.82 Å². The molecule has 29 heavy (non-hydrogen) atoms. The molecule has 0 aliphatic carbocycles. The lowest BCUT2D eigenvalue weighted by atomic mass is 10.1. The van der Waals surface area contributed by atoms with Crippen LogP contribution in [-0.2, 0) is 10.2 Å². The van der Waals surface area contributed by atoms with Gasteiger partial charge in [-0.25, -0.2) is 9.18 Å². The van der Waals surface area contributed by atoms with E-state index in [1.54, 1.807) is 24.3 Å². The molecule has 1 heterocycles. The monoisotopic (exact) mass is 476 g/mol. The van der Waals surface area contributed by atoms with Crippen molar-refractivity contribution in [1.29, 1.82) is 0 Å². The van der Waals surface area contributed by atoms with Crippen molar-refractivity contribution < 1.29 is 13.7 Å². The molecule has 1 atom stereocenters. The maximum absolute atomic E-state index is 13.0. The third-order valence-corrected chi connectivity index (χ3v) is 4.49. The van der Waals surface area contributed by atoms with Gasteiger partial charge in [0.15, 0.2) is 5.82 Å². The first-order chi connectivity index (χ1) is 13.7. The third kappa shape index (κ3) is 6.21.